The Morgan fingerprint density at radius 2 is 1.82 bits per heavy atom. The monoisotopic (exact) mass is 461 g/mol. The van der Waals surface area contributed by atoms with Crippen LogP contribution in [0.25, 0.3) is 10.8 Å². The highest BCUT2D eigenvalue weighted by atomic mass is 16.5. The Morgan fingerprint density at radius 3 is 2.56 bits per heavy atom. The van der Waals surface area contributed by atoms with Crippen molar-refractivity contribution in [1.29, 1.82) is 0 Å². The number of phenols is 1. The van der Waals surface area contributed by atoms with Gasteiger partial charge in [0, 0.05) is 18.5 Å². The first-order valence-electron chi connectivity index (χ1n) is 12.0. The predicted octanol–water partition coefficient (Wildman–Crippen LogP) is 5.87. The van der Waals surface area contributed by atoms with Crippen LogP contribution in [0, 0.1) is 20.8 Å². The summed E-state index contributed by atoms with van der Waals surface area (Å²) in [5.74, 6) is 1.86. The van der Waals surface area contributed by atoms with E-state index in [4.69, 9.17) is 9.47 Å². The van der Waals surface area contributed by atoms with E-state index in [9.17, 15) is 9.90 Å². The summed E-state index contributed by atoms with van der Waals surface area (Å²) in [5, 5.41) is 15.7. The quantitative estimate of drug-likeness (QED) is 0.482. The molecule has 0 spiro atoms. The van der Waals surface area contributed by atoms with Crippen molar-refractivity contribution in [3.63, 3.8) is 0 Å². The number of nitrogens with one attached hydrogen (secondary N) is 1. The average Bonchev–Trinajstić information content (AvgIpc) is 2.84. The van der Waals surface area contributed by atoms with Crippen molar-refractivity contribution >= 4 is 16.7 Å². The lowest BCUT2D eigenvalue weighted by Gasteiger charge is -2.38. The molecule has 1 heterocycles. The van der Waals surface area contributed by atoms with Gasteiger partial charge in [-0.3, -0.25) is 4.79 Å². The zero-order chi connectivity index (χ0) is 24.6. The molecule has 1 aliphatic heterocycles. The van der Waals surface area contributed by atoms with Crippen LogP contribution in [0.4, 0.5) is 0 Å². The molecule has 0 saturated carbocycles. The van der Waals surface area contributed by atoms with E-state index in [0.717, 1.165) is 69.4 Å². The molecule has 0 aliphatic carbocycles. The highest BCUT2D eigenvalue weighted by molar-refractivity contribution is 5.88. The Bertz CT molecular complexity index is 1250. The second-order valence-electron chi connectivity index (χ2n) is 9.82. The van der Waals surface area contributed by atoms with E-state index in [1.807, 2.05) is 58.0 Å². The zero-order valence-electron chi connectivity index (χ0n) is 21.0. The van der Waals surface area contributed by atoms with Gasteiger partial charge >= 0.3 is 0 Å². The summed E-state index contributed by atoms with van der Waals surface area (Å²) in [7, 11) is 1.66. The van der Waals surface area contributed by atoms with Crippen LogP contribution in [0.2, 0.25) is 0 Å². The number of hydrogen-bond donors (Lipinski definition) is 2. The van der Waals surface area contributed by atoms with Crippen LogP contribution in [0.5, 0.6) is 17.2 Å². The largest absolute Gasteiger partial charge is 0.507 e. The molecule has 2 atom stereocenters. The molecule has 2 N–H and O–H groups in total. The smallest absolute Gasteiger partial charge is 0.227 e. The van der Waals surface area contributed by atoms with Gasteiger partial charge in [-0.1, -0.05) is 24.3 Å². The molecule has 1 amide bonds. The number of carbonyl (C=O) groups excluding carboxylic acids is 1. The van der Waals surface area contributed by atoms with Gasteiger partial charge in [0.1, 0.15) is 22.8 Å². The minimum atomic E-state index is -0.355. The van der Waals surface area contributed by atoms with E-state index < -0.39 is 0 Å². The fourth-order valence-electron chi connectivity index (χ4n) is 4.86. The third-order valence-electron chi connectivity index (χ3n) is 7.51. The van der Waals surface area contributed by atoms with Crippen molar-refractivity contribution < 1.29 is 19.4 Å². The Morgan fingerprint density at radius 1 is 1.12 bits per heavy atom. The van der Waals surface area contributed by atoms with Crippen LogP contribution in [0.1, 0.15) is 60.4 Å². The lowest BCUT2D eigenvalue weighted by atomic mass is 9.85. The SMILES string of the molecule is COc1ccc2cc([C@H](C)C(=O)NCC[C@]3(C)CCc4c(C)c(O)c(C)c(C)c4O3)ccc2c1. The van der Waals surface area contributed by atoms with Crippen molar-refractivity contribution in [1.82, 2.24) is 5.32 Å². The van der Waals surface area contributed by atoms with Crippen LogP contribution in [-0.4, -0.2) is 30.3 Å². The third kappa shape index (κ3) is 4.44. The van der Waals surface area contributed by atoms with Crippen LogP contribution in [0.15, 0.2) is 36.4 Å². The lowest BCUT2D eigenvalue weighted by molar-refractivity contribution is -0.122. The van der Waals surface area contributed by atoms with Gasteiger partial charge in [-0.25, -0.2) is 0 Å². The first-order chi connectivity index (χ1) is 16.1. The first kappa shape index (κ1) is 23.9. The number of aromatic hydroxyl groups is 1. The van der Waals surface area contributed by atoms with E-state index >= 15 is 0 Å². The average molecular weight is 462 g/mol. The molecule has 5 heteroatoms. The maximum atomic E-state index is 12.9. The molecule has 0 saturated heterocycles. The maximum absolute atomic E-state index is 12.9. The molecular weight excluding hydrogens is 426 g/mol. The van der Waals surface area contributed by atoms with Crippen LogP contribution in [-0.2, 0) is 11.2 Å². The van der Waals surface area contributed by atoms with Gasteiger partial charge in [-0.05, 0) is 92.6 Å². The van der Waals surface area contributed by atoms with Crippen LogP contribution >= 0.6 is 0 Å². The number of ether oxygens (including phenoxy) is 2. The summed E-state index contributed by atoms with van der Waals surface area (Å²) in [4.78, 5) is 12.9. The molecule has 4 rings (SSSR count). The summed E-state index contributed by atoms with van der Waals surface area (Å²) in [6.45, 7) is 10.5. The molecule has 0 unspecified atom stereocenters. The van der Waals surface area contributed by atoms with Crippen molar-refractivity contribution in [3.8, 4) is 17.2 Å². The van der Waals surface area contributed by atoms with Gasteiger partial charge in [0.25, 0.3) is 0 Å². The van der Waals surface area contributed by atoms with E-state index in [1.54, 1.807) is 7.11 Å². The second kappa shape index (κ2) is 9.21. The molecule has 0 bridgehead atoms. The molecule has 180 valence electrons. The molecule has 0 fully saturated rings. The Balaban J connectivity index is 1.40. The first-order valence-corrected chi connectivity index (χ1v) is 12.0. The number of fused-ring (bicyclic) bond motifs is 2. The zero-order valence-corrected chi connectivity index (χ0v) is 21.0. The van der Waals surface area contributed by atoms with Crippen LogP contribution in [0.3, 0.4) is 0 Å². The lowest BCUT2D eigenvalue weighted by Crippen LogP contribution is -2.41. The van der Waals surface area contributed by atoms with E-state index in [2.05, 4.69) is 18.3 Å². The molecule has 3 aromatic rings. The summed E-state index contributed by atoms with van der Waals surface area (Å²) in [6.07, 6.45) is 2.43. The minimum absolute atomic E-state index is 0.0143. The van der Waals surface area contributed by atoms with Gasteiger partial charge in [0.05, 0.1) is 13.0 Å². The third-order valence-corrected chi connectivity index (χ3v) is 7.51. The van der Waals surface area contributed by atoms with E-state index in [-0.39, 0.29) is 17.4 Å². The highest BCUT2D eigenvalue weighted by Crippen LogP contribution is 2.44. The number of benzene rings is 3. The fraction of sp³-hybridized carbons (Fsp3) is 0.414. The Labute approximate surface area is 202 Å². The van der Waals surface area contributed by atoms with Gasteiger partial charge in [-0.2, -0.15) is 0 Å². The topological polar surface area (TPSA) is 67.8 Å². The van der Waals surface area contributed by atoms with Gasteiger partial charge in [-0.15, -0.1) is 0 Å². The van der Waals surface area contributed by atoms with Crippen molar-refractivity contribution in [2.45, 2.75) is 65.4 Å². The Kier molecular flexibility index (Phi) is 6.48. The van der Waals surface area contributed by atoms with E-state index in [0.29, 0.717) is 12.3 Å². The number of hydrogen-bond acceptors (Lipinski definition) is 4. The normalized spacial score (nSPS) is 18.2. The number of amides is 1. The molecule has 3 aromatic carbocycles. The summed E-state index contributed by atoms with van der Waals surface area (Å²) >= 11 is 0. The summed E-state index contributed by atoms with van der Waals surface area (Å²) in [5.41, 5.74) is 4.52. The van der Waals surface area contributed by atoms with Crippen molar-refractivity contribution in [2.24, 2.45) is 0 Å². The van der Waals surface area contributed by atoms with Gasteiger partial charge in [0.2, 0.25) is 5.91 Å². The molecule has 0 aromatic heterocycles. The molecule has 5 nitrogen and oxygen atoms in total. The van der Waals surface area contributed by atoms with Gasteiger partial charge in [0.15, 0.2) is 0 Å². The number of carbonyl (C=O) groups is 1. The number of phenolic OH excluding ortho intramolecular Hbond substituents is 1. The number of rotatable bonds is 6. The van der Waals surface area contributed by atoms with Crippen molar-refractivity contribution in [3.05, 3.63) is 64.2 Å². The summed E-state index contributed by atoms with van der Waals surface area (Å²) < 4.78 is 11.8. The molecular formula is C29H35NO4. The predicted molar refractivity (Wildman–Crippen MR) is 136 cm³/mol. The minimum Gasteiger partial charge on any atom is -0.507 e. The number of methoxy groups -OCH3 is 1. The maximum Gasteiger partial charge on any atom is 0.227 e. The molecule has 0 radical (unpaired) electrons. The highest BCUT2D eigenvalue weighted by Gasteiger charge is 2.34. The van der Waals surface area contributed by atoms with Crippen molar-refractivity contribution in [2.75, 3.05) is 13.7 Å². The fourth-order valence-corrected chi connectivity index (χ4v) is 4.86. The second-order valence-corrected chi connectivity index (χ2v) is 9.82. The summed E-state index contributed by atoms with van der Waals surface area (Å²) in [6, 6.07) is 12.1. The molecule has 1 aliphatic rings. The molecule has 34 heavy (non-hydrogen) atoms. The standard InChI is InChI=1S/C29H35NO4/c1-17-18(2)27-25(20(4)26(17)31)11-12-29(5,34-27)13-14-30-28(32)19(3)21-7-8-23-16-24(33-6)10-9-22(23)15-21/h7-10,15-16,19,31H,11-14H2,1-6H3,(H,30,32)/t19-,29-/m0/s1. The van der Waals surface area contributed by atoms with Crippen LogP contribution < -0.4 is 14.8 Å². The van der Waals surface area contributed by atoms with E-state index in [1.165, 1.54) is 0 Å². The Hall–Kier alpha value is -3.21. The van der Waals surface area contributed by atoms with Gasteiger partial charge < -0.3 is 19.9 Å².